The second kappa shape index (κ2) is 11.4. The minimum atomic E-state index is -0.219. The summed E-state index contributed by atoms with van der Waals surface area (Å²) in [6.07, 6.45) is 2.71. The van der Waals surface area contributed by atoms with E-state index in [0.717, 1.165) is 40.2 Å². The highest BCUT2D eigenvalue weighted by Gasteiger charge is 2.18. The quantitative estimate of drug-likeness (QED) is 0.235. The van der Waals surface area contributed by atoms with Crippen LogP contribution in [0.2, 0.25) is 0 Å². The first kappa shape index (κ1) is 26.1. The highest BCUT2D eigenvalue weighted by molar-refractivity contribution is 5.82. The number of nitrogens with zero attached hydrogens (tertiary/aromatic N) is 3. The molecular weight excluding hydrogens is 462 g/mol. The van der Waals surface area contributed by atoms with E-state index in [9.17, 15) is 4.79 Å². The summed E-state index contributed by atoms with van der Waals surface area (Å²) in [5, 5.41) is 5.17. The van der Waals surface area contributed by atoms with Crippen molar-refractivity contribution in [2.75, 3.05) is 6.61 Å². The van der Waals surface area contributed by atoms with Crippen molar-refractivity contribution < 1.29 is 9.47 Å². The second-order valence-electron chi connectivity index (χ2n) is 9.52. The molecule has 0 aliphatic heterocycles. The summed E-state index contributed by atoms with van der Waals surface area (Å²) in [5.41, 5.74) is 4.12. The molecule has 0 saturated heterocycles. The zero-order chi connectivity index (χ0) is 26.5. The Hall–Kier alpha value is -3.93. The van der Waals surface area contributed by atoms with Gasteiger partial charge >= 0.3 is 0 Å². The molecule has 6 nitrogen and oxygen atoms in total. The molecule has 1 atom stereocenters. The van der Waals surface area contributed by atoms with E-state index in [1.54, 1.807) is 12.3 Å². The largest absolute Gasteiger partial charge is 0.494 e. The van der Waals surface area contributed by atoms with Gasteiger partial charge in [-0.1, -0.05) is 45.0 Å². The number of para-hydroxylation sites is 1. The van der Waals surface area contributed by atoms with Crippen LogP contribution < -0.4 is 15.0 Å². The Morgan fingerprint density at radius 3 is 2.54 bits per heavy atom. The molecule has 0 bridgehead atoms. The van der Waals surface area contributed by atoms with Gasteiger partial charge < -0.3 is 9.47 Å². The SMILES string of the molecule is CCOc1cc(C)c(-c2nc3ccccc3c(=O)n2N=Cc2cccc(O[C@H](C)CC)c2)cc1C(C)C. The van der Waals surface area contributed by atoms with Crippen molar-refractivity contribution in [3.63, 3.8) is 0 Å². The van der Waals surface area contributed by atoms with Crippen molar-refractivity contribution in [1.29, 1.82) is 0 Å². The fourth-order valence-electron chi connectivity index (χ4n) is 4.18. The van der Waals surface area contributed by atoms with Gasteiger partial charge in [0.1, 0.15) is 11.5 Å². The van der Waals surface area contributed by atoms with Crippen molar-refractivity contribution in [3.05, 3.63) is 87.7 Å². The lowest BCUT2D eigenvalue weighted by Crippen LogP contribution is -2.21. The normalized spacial score (nSPS) is 12.4. The zero-order valence-electron chi connectivity index (χ0n) is 22.5. The molecule has 3 aromatic carbocycles. The van der Waals surface area contributed by atoms with Crippen LogP contribution in [0.25, 0.3) is 22.3 Å². The molecule has 192 valence electrons. The molecule has 0 saturated carbocycles. The van der Waals surface area contributed by atoms with Gasteiger partial charge in [0.15, 0.2) is 5.82 Å². The summed E-state index contributed by atoms with van der Waals surface area (Å²) < 4.78 is 13.3. The predicted octanol–water partition coefficient (Wildman–Crippen LogP) is 6.95. The summed E-state index contributed by atoms with van der Waals surface area (Å²) in [7, 11) is 0. The Morgan fingerprint density at radius 1 is 1.03 bits per heavy atom. The minimum absolute atomic E-state index is 0.115. The fraction of sp³-hybridized carbons (Fsp3) is 0.323. The number of rotatable bonds is 9. The molecule has 0 spiro atoms. The molecule has 0 aliphatic carbocycles. The molecule has 1 aromatic heterocycles. The van der Waals surface area contributed by atoms with Crippen LogP contribution in [-0.2, 0) is 0 Å². The Labute approximate surface area is 218 Å². The lowest BCUT2D eigenvalue weighted by atomic mass is 9.96. The van der Waals surface area contributed by atoms with Crippen molar-refractivity contribution in [3.8, 4) is 22.9 Å². The van der Waals surface area contributed by atoms with Gasteiger partial charge in [0.05, 0.1) is 29.8 Å². The molecular formula is C31H35N3O3. The molecule has 4 rings (SSSR count). The zero-order valence-corrected chi connectivity index (χ0v) is 22.5. The van der Waals surface area contributed by atoms with Gasteiger partial charge in [-0.25, -0.2) is 4.98 Å². The summed E-state index contributed by atoms with van der Waals surface area (Å²) in [4.78, 5) is 18.6. The molecule has 0 aliphatic rings. The van der Waals surface area contributed by atoms with Crippen LogP contribution in [0.3, 0.4) is 0 Å². The Balaban J connectivity index is 1.89. The van der Waals surface area contributed by atoms with Crippen LogP contribution >= 0.6 is 0 Å². The minimum Gasteiger partial charge on any atom is -0.494 e. The molecule has 0 unspecified atom stereocenters. The lowest BCUT2D eigenvalue weighted by molar-refractivity contribution is 0.217. The van der Waals surface area contributed by atoms with Gasteiger partial charge in [-0.15, -0.1) is 0 Å². The highest BCUT2D eigenvalue weighted by Crippen LogP contribution is 2.34. The molecule has 6 heteroatoms. The summed E-state index contributed by atoms with van der Waals surface area (Å²) >= 11 is 0. The number of hydrogen-bond acceptors (Lipinski definition) is 5. The van der Waals surface area contributed by atoms with Crippen molar-refractivity contribution >= 4 is 17.1 Å². The smallest absolute Gasteiger partial charge is 0.282 e. The molecule has 0 fully saturated rings. The van der Waals surface area contributed by atoms with Crippen LogP contribution in [0.4, 0.5) is 0 Å². The van der Waals surface area contributed by atoms with Crippen LogP contribution in [0.5, 0.6) is 11.5 Å². The van der Waals surface area contributed by atoms with Gasteiger partial charge in [0.25, 0.3) is 5.56 Å². The third-order valence-electron chi connectivity index (χ3n) is 6.37. The average molecular weight is 498 g/mol. The summed E-state index contributed by atoms with van der Waals surface area (Å²) in [6, 6.07) is 19.2. The van der Waals surface area contributed by atoms with Crippen molar-refractivity contribution in [1.82, 2.24) is 9.66 Å². The van der Waals surface area contributed by atoms with Gasteiger partial charge in [-0.2, -0.15) is 9.78 Å². The van der Waals surface area contributed by atoms with E-state index in [1.807, 2.05) is 69.3 Å². The average Bonchev–Trinajstić information content (AvgIpc) is 2.88. The van der Waals surface area contributed by atoms with E-state index in [-0.39, 0.29) is 17.6 Å². The first-order chi connectivity index (χ1) is 17.8. The third kappa shape index (κ3) is 5.74. The maximum atomic E-state index is 13.7. The fourth-order valence-corrected chi connectivity index (χ4v) is 4.18. The number of aryl methyl sites for hydroxylation is 1. The van der Waals surface area contributed by atoms with Crippen LogP contribution in [0.1, 0.15) is 63.6 Å². The molecule has 37 heavy (non-hydrogen) atoms. The van der Waals surface area contributed by atoms with E-state index in [0.29, 0.717) is 23.3 Å². The number of fused-ring (bicyclic) bond motifs is 1. The predicted molar refractivity (Wildman–Crippen MR) is 151 cm³/mol. The maximum Gasteiger partial charge on any atom is 0.282 e. The van der Waals surface area contributed by atoms with E-state index in [2.05, 4.69) is 31.9 Å². The Morgan fingerprint density at radius 2 is 1.81 bits per heavy atom. The topological polar surface area (TPSA) is 65.7 Å². The Kier molecular flexibility index (Phi) is 8.07. The van der Waals surface area contributed by atoms with Crippen LogP contribution in [0, 0.1) is 6.92 Å². The van der Waals surface area contributed by atoms with Gasteiger partial charge in [0, 0.05) is 5.56 Å². The van der Waals surface area contributed by atoms with E-state index >= 15 is 0 Å². The van der Waals surface area contributed by atoms with Gasteiger partial charge in [-0.05, 0) is 86.2 Å². The summed E-state index contributed by atoms with van der Waals surface area (Å²) in [6.45, 7) is 13.0. The van der Waals surface area contributed by atoms with Gasteiger partial charge in [0.2, 0.25) is 0 Å². The lowest BCUT2D eigenvalue weighted by Gasteiger charge is -2.18. The van der Waals surface area contributed by atoms with Gasteiger partial charge in [-0.3, -0.25) is 4.79 Å². The molecule has 0 radical (unpaired) electrons. The van der Waals surface area contributed by atoms with E-state index in [1.165, 1.54) is 4.68 Å². The van der Waals surface area contributed by atoms with Crippen molar-refractivity contribution in [2.24, 2.45) is 5.10 Å². The Bertz CT molecular complexity index is 1490. The third-order valence-corrected chi connectivity index (χ3v) is 6.37. The molecule has 0 N–H and O–H groups in total. The standard InChI is InChI=1S/C31H35N3O3/c1-7-22(6)37-24-13-11-12-23(17-24)19-32-34-30(33-28-15-10-9-14-25(28)31(34)35)27-18-26(20(3)4)29(36-8-2)16-21(27)5/h9-20,22H,7-8H2,1-6H3/t22-/m1/s1. The highest BCUT2D eigenvalue weighted by atomic mass is 16.5. The molecule has 1 heterocycles. The van der Waals surface area contributed by atoms with Crippen LogP contribution in [0.15, 0.2) is 70.6 Å². The number of aromatic nitrogens is 2. The second-order valence-corrected chi connectivity index (χ2v) is 9.52. The number of benzene rings is 3. The number of hydrogen-bond donors (Lipinski definition) is 0. The first-order valence-electron chi connectivity index (χ1n) is 12.9. The molecule has 0 amide bonds. The van der Waals surface area contributed by atoms with Crippen LogP contribution in [-0.4, -0.2) is 28.6 Å². The van der Waals surface area contributed by atoms with E-state index < -0.39 is 0 Å². The monoisotopic (exact) mass is 497 g/mol. The summed E-state index contributed by atoms with van der Waals surface area (Å²) in [5.74, 6) is 2.36. The van der Waals surface area contributed by atoms with E-state index in [4.69, 9.17) is 14.5 Å². The molecule has 4 aromatic rings. The first-order valence-corrected chi connectivity index (χ1v) is 12.9. The number of ether oxygens (including phenoxy) is 2. The van der Waals surface area contributed by atoms with Crippen molar-refractivity contribution in [2.45, 2.75) is 60.0 Å². The maximum absolute atomic E-state index is 13.7.